The number of aromatic nitrogens is 1. The predicted octanol–water partition coefficient (Wildman–Crippen LogP) is 2.75. The Kier molecular flexibility index (Phi) is 5.33. The van der Waals surface area contributed by atoms with E-state index >= 15 is 0 Å². The van der Waals surface area contributed by atoms with Crippen molar-refractivity contribution >= 4 is 10.0 Å². The molecule has 0 saturated carbocycles. The number of halogens is 1. The maximum atomic E-state index is 14.2. The lowest BCUT2D eigenvalue weighted by atomic mass is 10.2. The number of ether oxygens (including phenoxy) is 1. The monoisotopic (exact) mass is 338 g/mol. The summed E-state index contributed by atoms with van der Waals surface area (Å²) in [4.78, 5) is 4.08. The Morgan fingerprint density at radius 3 is 2.57 bits per heavy atom. The molecule has 5 nitrogen and oxygen atoms in total. The lowest BCUT2D eigenvalue weighted by Crippen LogP contribution is -2.31. The normalized spacial score (nSPS) is 11.7. The average molecular weight is 338 g/mol. The van der Waals surface area contributed by atoms with Crippen molar-refractivity contribution in [3.8, 4) is 5.75 Å². The Bertz CT molecular complexity index is 779. The molecule has 23 heavy (non-hydrogen) atoms. The minimum atomic E-state index is -3.83. The average Bonchev–Trinajstić information content (AvgIpc) is 2.55. The summed E-state index contributed by atoms with van der Waals surface area (Å²) in [5, 5.41) is 0. The zero-order valence-electron chi connectivity index (χ0n) is 13.3. The Balaban J connectivity index is 2.42. The number of pyridine rings is 1. The minimum absolute atomic E-state index is 0.0224. The van der Waals surface area contributed by atoms with E-state index in [9.17, 15) is 12.8 Å². The summed E-state index contributed by atoms with van der Waals surface area (Å²) >= 11 is 0. The van der Waals surface area contributed by atoms with Gasteiger partial charge in [0.15, 0.2) is 11.6 Å². The van der Waals surface area contributed by atoms with E-state index in [0.29, 0.717) is 5.69 Å². The zero-order chi connectivity index (χ0) is 17.0. The number of sulfonamides is 1. The molecule has 0 bridgehead atoms. The molecule has 0 aliphatic heterocycles. The van der Waals surface area contributed by atoms with E-state index in [4.69, 9.17) is 4.74 Å². The van der Waals surface area contributed by atoms with Gasteiger partial charge >= 0.3 is 0 Å². The van der Waals surface area contributed by atoms with Gasteiger partial charge in [0.1, 0.15) is 0 Å². The smallest absolute Gasteiger partial charge is 0.243 e. The third kappa shape index (κ3) is 3.51. The fourth-order valence-electron chi connectivity index (χ4n) is 2.26. The van der Waals surface area contributed by atoms with Crippen molar-refractivity contribution in [3.63, 3.8) is 0 Å². The van der Waals surface area contributed by atoms with Crippen molar-refractivity contribution in [1.82, 2.24) is 9.29 Å². The summed E-state index contributed by atoms with van der Waals surface area (Å²) in [6.07, 6.45) is 1.61. The van der Waals surface area contributed by atoms with E-state index in [1.54, 1.807) is 31.3 Å². The van der Waals surface area contributed by atoms with E-state index in [2.05, 4.69) is 4.98 Å². The molecule has 7 heteroatoms. The first-order valence-electron chi connectivity index (χ1n) is 7.15. The number of hydrogen-bond donors (Lipinski definition) is 0. The maximum absolute atomic E-state index is 14.2. The lowest BCUT2D eigenvalue weighted by molar-refractivity contribution is 0.382. The summed E-state index contributed by atoms with van der Waals surface area (Å²) in [6.45, 7) is 3.55. The molecule has 0 unspecified atom stereocenters. The van der Waals surface area contributed by atoms with E-state index in [0.717, 1.165) is 0 Å². The van der Waals surface area contributed by atoms with Crippen LogP contribution in [0.25, 0.3) is 0 Å². The number of rotatable bonds is 6. The van der Waals surface area contributed by atoms with Crippen LogP contribution in [0, 0.1) is 12.7 Å². The molecule has 0 saturated heterocycles. The summed E-state index contributed by atoms with van der Waals surface area (Å²) < 4.78 is 46.0. The second-order valence-corrected chi connectivity index (χ2v) is 6.86. The second kappa shape index (κ2) is 7.06. The SMILES string of the molecule is CCN(Cc1ccccn1)S(=O)(=O)c1ccc(OC)c(F)c1C. The molecule has 1 heterocycles. The zero-order valence-corrected chi connectivity index (χ0v) is 14.1. The number of hydrogen-bond acceptors (Lipinski definition) is 4. The topological polar surface area (TPSA) is 59.5 Å². The molecule has 2 rings (SSSR count). The Morgan fingerprint density at radius 2 is 2.00 bits per heavy atom. The molecule has 0 N–H and O–H groups in total. The molecule has 0 spiro atoms. The quantitative estimate of drug-likeness (QED) is 0.813. The molecular weight excluding hydrogens is 319 g/mol. The summed E-state index contributed by atoms with van der Waals surface area (Å²) in [6, 6.07) is 8.00. The van der Waals surface area contributed by atoms with Crippen LogP contribution in [0.4, 0.5) is 4.39 Å². The summed E-state index contributed by atoms with van der Waals surface area (Å²) in [5.74, 6) is -0.642. The number of nitrogens with zero attached hydrogens (tertiary/aromatic N) is 2. The van der Waals surface area contributed by atoms with Crippen molar-refractivity contribution in [2.24, 2.45) is 0 Å². The number of benzene rings is 1. The summed E-state index contributed by atoms with van der Waals surface area (Å²) in [7, 11) is -2.49. The van der Waals surface area contributed by atoms with Crippen LogP contribution in [-0.4, -0.2) is 31.4 Å². The van der Waals surface area contributed by atoms with E-state index in [1.807, 2.05) is 0 Å². The summed E-state index contributed by atoms with van der Waals surface area (Å²) in [5.41, 5.74) is 0.674. The molecule has 0 fully saturated rings. The van der Waals surface area contributed by atoms with Gasteiger partial charge in [0, 0.05) is 18.3 Å². The van der Waals surface area contributed by atoms with Gasteiger partial charge in [-0.1, -0.05) is 13.0 Å². The Labute approximate surface area is 135 Å². The first kappa shape index (κ1) is 17.4. The lowest BCUT2D eigenvalue weighted by Gasteiger charge is -2.21. The molecule has 124 valence electrons. The molecule has 0 aliphatic rings. The van der Waals surface area contributed by atoms with Gasteiger partial charge in [-0.3, -0.25) is 4.98 Å². The minimum Gasteiger partial charge on any atom is -0.494 e. The van der Waals surface area contributed by atoms with Crippen LogP contribution in [0.1, 0.15) is 18.2 Å². The van der Waals surface area contributed by atoms with Crippen molar-refractivity contribution in [1.29, 1.82) is 0 Å². The molecular formula is C16H19FN2O3S. The van der Waals surface area contributed by atoms with Crippen LogP contribution in [0.5, 0.6) is 5.75 Å². The Morgan fingerprint density at radius 1 is 1.26 bits per heavy atom. The van der Waals surface area contributed by atoms with Crippen LogP contribution < -0.4 is 4.74 Å². The maximum Gasteiger partial charge on any atom is 0.243 e. The highest BCUT2D eigenvalue weighted by atomic mass is 32.2. The van der Waals surface area contributed by atoms with Crippen LogP contribution in [0.15, 0.2) is 41.4 Å². The van der Waals surface area contributed by atoms with E-state index < -0.39 is 15.8 Å². The highest BCUT2D eigenvalue weighted by Gasteiger charge is 2.27. The van der Waals surface area contributed by atoms with Gasteiger partial charge < -0.3 is 4.74 Å². The van der Waals surface area contributed by atoms with Gasteiger partial charge in [-0.05, 0) is 31.2 Å². The highest BCUT2D eigenvalue weighted by Crippen LogP contribution is 2.28. The van der Waals surface area contributed by atoms with Crippen molar-refractivity contribution < 1.29 is 17.5 Å². The van der Waals surface area contributed by atoms with Crippen molar-refractivity contribution in [3.05, 3.63) is 53.6 Å². The van der Waals surface area contributed by atoms with Gasteiger partial charge in [0.2, 0.25) is 10.0 Å². The molecule has 0 radical (unpaired) electrons. The molecule has 1 aromatic heterocycles. The van der Waals surface area contributed by atoms with Gasteiger partial charge in [0.25, 0.3) is 0 Å². The molecule has 0 amide bonds. The third-order valence-electron chi connectivity index (χ3n) is 3.56. The number of methoxy groups -OCH3 is 1. The van der Waals surface area contributed by atoms with Crippen LogP contribution in [0.3, 0.4) is 0 Å². The fourth-order valence-corrected chi connectivity index (χ4v) is 3.89. The van der Waals surface area contributed by atoms with Crippen molar-refractivity contribution in [2.75, 3.05) is 13.7 Å². The van der Waals surface area contributed by atoms with E-state index in [1.165, 1.54) is 30.5 Å². The molecule has 2 aromatic rings. The standard InChI is InChI=1S/C16H19FN2O3S/c1-4-19(11-13-7-5-6-10-18-13)23(20,21)15-9-8-14(22-3)16(17)12(15)2/h5-10H,4,11H2,1-3H3. The fraction of sp³-hybridized carbons (Fsp3) is 0.312. The van der Waals surface area contributed by atoms with Crippen LogP contribution in [-0.2, 0) is 16.6 Å². The molecule has 0 atom stereocenters. The Hall–Kier alpha value is -1.99. The second-order valence-electron chi connectivity index (χ2n) is 4.96. The first-order valence-corrected chi connectivity index (χ1v) is 8.59. The van der Waals surface area contributed by atoms with Gasteiger partial charge in [-0.15, -0.1) is 0 Å². The van der Waals surface area contributed by atoms with Gasteiger partial charge in [-0.25, -0.2) is 12.8 Å². The highest BCUT2D eigenvalue weighted by molar-refractivity contribution is 7.89. The van der Waals surface area contributed by atoms with Crippen LogP contribution in [0.2, 0.25) is 0 Å². The largest absolute Gasteiger partial charge is 0.494 e. The van der Waals surface area contributed by atoms with E-state index in [-0.39, 0.29) is 29.3 Å². The van der Waals surface area contributed by atoms with Crippen LogP contribution >= 0.6 is 0 Å². The molecule has 1 aromatic carbocycles. The molecule has 0 aliphatic carbocycles. The van der Waals surface area contributed by atoms with Crippen molar-refractivity contribution in [2.45, 2.75) is 25.3 Å². The predicted molar refractivity (Wildman–Crippen MR) is 85.2 cm³/mol. The third-order valence-corrected chi connectivity index (χ3v) is 5.62. The van der Waals surface area contributed by atoms with Gasteiger partial charge in [0.05, 0.1) is 24.2 Å². The van der Waals surface area contributed by atoms with Gasteiger partial charge in [-0.2, -0.15) is 4.31 Å². The first-order chi connectivity index (χ1) is 10.9.